The van der Waals surface area contributed by atoms with Gasteiger partial charge in [-0.1, -0.05) is 12.2 Å². The van der Waals surface area contributed by atoms with Gasteiger partial charge in [0.2, 0.25) is 0 Å². The highest BCUT2D eigenvalue weighted by atomic mass is 35.5. The summed E-state index contributed by atoms with van der Waals surface area (Å²) in [6.45, 7) is 0. The maximum atomic E-state index is 10.7. The van der Waals surface area contributed by atoms with Crippen LogP contribution in [0.5, 0.6) is 0 Å². The summed E-state index contributed by atoms with van der Waals surface area (Å²) in [4.78, 5) is 10.7. The van der Waals surface area contributed by atoms with Crippen LogP contribution < -0.4 is 5.73 Å². The molecule has 0 aliphatic heterocycles. The van der Waals surface area contributed by atoms with Gasteiger partial charge in [0.25, 0.3) is 0 Å². The molecule has 3 nitrogen and oxygen atoms in total. The Morgan fingerprint density at radius 3 is 2.33 bits per heavy atom. The second kappa shape index (κ2) is 3.07. The van der Waals surface area contributed by atoms with Gasteiger partial charge >= 0.3 is 5.97 Å². The van der Waals surface area contributed by atoms with Crippen molar-refractivity contribution in [1.29, 1.82) is 0 Å². The van der Waals surface area contributed by atoms with Crippen molar-refractivity contribution in [3.8, 4) is 0 Å². The molecule has 2 aliphatic carbocycles. The molecule has 68 valence electrons. The highest BCUT2D eigenvalue weighted by molar-refractivity contribution is 5.85. The Morgan fingerprint density at radius 1 is 1.42 bits per heavy atom. The van der Waals surface area contributed by atoms with E-state index in [1.165, 1.54) is 0 Å². The number of carboxylic acids is 1. The summed E-state index contributed by atoms with van der Waals surface area (Å²) in [5.41, 5.74) is 5.73. The van der Waals surface area contributed by atoms with Crippen LogP contribution in [-0.4, -0.2) is 17.1 Å². The molecule has 4 heteroatoms. The lowest BCUT2D eigenvalue weighted by Crippen LogP contribution is -2.38. The molecule has 0 saturated heterocycles. The monoisotopic (exact) mass is 189 g/mol. The van der Waals surface area contributed by atoms with Crippen LogP contribution in [0.15, 0.2) is 12.2 Å². The largest absolute Gasteiger partial charge is 0.481 e. The molecule has 1 fully saturated rings. The molecule has 2 bridgehead atoms. The molecule has 0 aromatic rings. The highest BCUT2D eigenvalue weighted by Gasteiger charge is 2.46. The van der Waals surface area contributed by atoms with Crippen LogP contribution in [0.3, 0.4) is 0 Å². The van der Waals surface area contributed by atoms with Crippen LogP contribution in [0.4, 0.5) is 0 Å². The van der Waals surface area contributed by atoms with Crippen molar-refractivity contribution >= 4 is 18.4 Å². The molecule has 12 heavy (non-hydrogen) atoms. The summed E-state index contributed by atoms with van der Waals surface area (Å²) in [6.07, 6.45) is 4.99. The van der Waals surface area contributed by atoms with Gasteiger partial charge in [0.1, 0.15) is 0 Å². The predicted molar refractivity (Wildman–Crippen MR) is 47.1 cm³/mol. The molecule has 1 saturated carbocycles. The number of nitrogens with two attached hydrogens (primary N) is 1. The lowest BCUT2D eigenvalue weighted by atomic mass is 9.90. The standard InChI is InChI=1S/C8H11NO2.ClH/c9-7-5-2-1-4(3-5)6(7)8(10)11;/h1-2,4-7H,3,9H2,(H,10,11);1H/t4-,5+,6?,7?;/m0./s1. The number of halogens is 1. The van der Waals surface area contributed by atoms with Crippen LogP contribution in [0.25, 0.3) is 0 Å². The maximum Gasteiger partial charge on any atom is 0.308 e. The minimum absolute atomic E-state index is 0. The van der Waals surface area contributed by atoms with Gasteiger partial charge in [-0.15, -0.1) is 12.4 Å². The quantitative estimate of drug-likeness (QED) is 0.596. The number of allylic oxidation sites excluding steroid dienone is 1. The Morgan fingerprint density at radius 2 is 2.00 bits per heavy atom. The topological polar surface area (TPSA) is 63.3 Å². The van der Waals surface area contributed by atoms with Gasteiger partial charge in [-0.2, -0.15) is 0 Å². The van der Waals surface area contributed by atoms with Crippen molar-refractivity contribution in [1.82, 2.24) is 0 Å². The van der Waals surface area contributed by atoms with Gasteiger partial charge in [0.05, 0.1) is 5.92 Å². The number of carbonyl (C=O) groups is 1. The maximum absolute atomic E-state index is 10.7. The Labute approximate surface area is 77.0 Å². The average Bonchev–Trinajstić information content (AvgIpc) is 2.44. The van der Waals surface area contributed by atoms with Crippen molar-refractivity contribution < 1.29 is 9.90 Å². The molecular weight excluding hydrogens is 178 g/mol. The first-order valence-corrected chi connectivity index (χ1v) is 3.87. The SMILES string of the molecule is Cl.NC1C(C(=O)O)[C@H]2C=C[C@@H]1C2. The predicted octanol–water partition coefficient (Wildman–Crippen LogP) is 0.642. The third-order valence-electron chi connectivity index (χ3n) is 2.81. The zero-order valence-corrected chi connectivity index (χ0v) is 7.33. The third kappa shape index (κ3) is 1.13. The lowest BCUT2D eigenvalue weighted by Gasteiger charge is -2.19. The first kappa shape index (κ1) is 9.55. The Bertz CT molecular complexity index is 229. The van der Waals surface area contributed by atoms with E-state index in [9.17, 15) is 4.79 Å². The Hall–Kier alpha value is -0.540. The lowest BCUT2D eigenvalue weighted by molar-refractivity contribution is -0.143. The number of hydrogen-bond acceptors (Lipinski definition) is 2. The molecule has 0 spiro atoms. The van der Waals surface area contributed by atoms with E-state index in [1.807, 2.05) is 6.08 Å². The molecule has 0 amide bonds. The van der Waals surface area contributed by atoms with Crippen LogP contribution in [-0.2, 0) is 4.79 Å². The normalized spacial score (nSPS) is 42.8. The van der Waals surface area contributed by atoms with E-state index in [0.717, 1.165) is 6.42 Å². The summed E-state index contributed by atoms with van der Waals surface area (Å²) in [5.74, 6) is -0.548. The summed E-state index contributed by atoms with van der Waals surface area (Å²) in [5, 5.41) is 8.79. The zero-order valence-electron chi connectivity index (χ0n) is 6.51. The van der Waals surface area contributed by atoms with Gasteiger partial charge in [0.15, 0.2) is 0 Å². The fourth-order valence-corrected chi connectivity index (χ4v) is 2.21. The number of hydrogen-bond donors (Lipinski definition) is 2. The van der Waals surface area contributed by atoms with Gasteiger partial charge in [-0.25, -0.2) is 0 Å². The van der Waals surface area contributed by atoms with E-state index in [0.29, 0.717) is 5.92 Å². The van der Waals surface area contributed by atoms with E-state index < -0.39 is 5.97 Å². The second-order valence-electron chi connectivity index (χ2n) is 3.39. The van der Waals surface area contributed by atoms with Crippen LogP contribution >= 0.6 is 12.4 Å². The second-order valence-corrected chi connectivity index (χ2v) is 3.39. The van der Waals surface area contributed by atoms with Crippen molar-refractivity contribution in [2.24, 2.45) is 23.5 Å². The summed E-state index contributed by atoms with van der Waals surface area (Å²) < 4.78 is 0. The van der Waals surface area contributed by atoms with Crippen molar-refractivity contribution in [3.05, 3.63) is 12.2 Å². The summed E-state index contributed by atoms with van der Waals surface area (Å²) in [7, 11) is 0. The molecule has 2 unspecified atom stereocenters. The molecule has 2 rings (SSSR count). The number of aliphatic carboxylic acids is 1. The minimum atomic E-state index is -0.741. The smallest absolute Gasteiger partial charge is 0.308 e. The summed E-state index contributed by atoms with van der Waals surface area (Å²) in [6, 6.07) is -0.150. The fraction of sp³-hybridized carbons (Fsp3) is 0.625. The van der Waals surface area contributed by atoms with E-state index in [-0.39, 0.29) is 30.3 Å². The molecule has 0 heterocycles. The van der Waals surface area contributed by atoms with Gasteiger partial charge < -0.3 is 10.8 Å². The van der Waals surface area contributed by atoms with E-state index in [1.54, 1.807) is 0 Å². The molecule has 3 N–H and O–H groups in total. The Kier molecular flexibility index (Phi) is 2.44. The first-order valence-electron chi connectivity index (χ1n) is 3.87. The molecule has 0 aromatic carbocycles. The van der Waals surface area contributed by atoms with Crippen molar-refractivity contribution in [2.45, 2.75) is 12.5 Å². The van der Waals surface area contributed by atoms with Gasteiger partial charge in [0, 0.05) is 6.04 Å². The van der Waals surface area contributed by atoms with E-state index >= 15 is 0 Å². The number of rotatable bonds is 1. The van der Waals surface area contributed by atoms with E-state index in [4.69, 9.17) is 10.8 Å². The van der Waals surface area contributed by atoms with Crippen LogP contribution in [0, 0.1) is 17.8 Å². The Balaban J connectivity index is 0.000000720. The van der Waals surface area contributed by atoms with Crippen molar-refractivity contribution in [3.63, 3.8) is 0 Å². The first-order chi connectivity index (χ1) is 5.20. The molecule has 4 atom stereocenters. The molecular formula is C8H12ClNO2. The highest BCUT2D eigenvalue weighted by Crippen LogP contribution is 2.42. The molecule has 0 radical (unpaired) electrons. The third-order valence-corrected chi connectivity index (χ3v) is 2.81. The number of carboxylic acid groups (broad SMARTS) is 1. The fourth-order valence-electron chi connectivity index (χ4n) is 2.21. The van der Waals surface area contributed by atoms with Crippen molar-refractivity contribution in [2.75, 3.05) is 0 Å². The van der Waals surface area contributed by atoms with Crippen LogP contribution in [0.1, 0.15) is 6.42 Å². The average molecular weight is 190 g/mol. The molecule has 0 aromatic heterocycles. The number of fused-ring (bicyclic) bond motifs is 2. The van der Waals surface area contributed by atoms with Gasteiger partial charge in [-0.05, 0) is 18.3 Å². The molecule has 2 aliphatic rings. The minimum Gasteiger partial charge on any atom is -0.481 e. The zero-order chi connectivity index (χ0) is 8.01. The van der Waals surface area contributed by atoms with Gasteiger partial charge in [-0.3, -0.25) is 4.79 Å². The van der Waals surface area contributed by atoms with E-state index in [2.05, 4.69) is 6.08 Å². The summed E-state index contributed by atoms with van der Waals surface area (Å²) >= 11 is 0. The van der Waals surface area contributed by atoms with Crippen LogP contribution in [0.2, 0.25) is 0 Å².